The van der Waals surface area contributed by atoms with Gasteiger partial charge in [0.15, 0.2) is 16.6 Å². The quantitative estimate of drug-likeness (QED) is 0.476. The van der Waals surface area contributed by atoms with Crippen LogP contribution in [0, 0.1) is 13.8 Å². The summed E-state index contributed by atoms with van der Waals surface area (Å²) in [5.41, 5.74) is 3.02. The Morgan fingerprint density at radius 3 is 2.38 bits per heavy atom. The Morgan fingerprint density at radius 1 is 1.07 bits per heavy atom. The molecule has 2 aromatic carbocycles. The summed E-state index contributed by atoms with van der Waals surface area (Å²) in [6, 6.07) is 9.00. The molecule has 0 spiro atoms. The monoisotopic (exact) mass is 410 g/mol. The molecule has 29 heavy (non-hydrogen) atoms. The number of anilines is 1. The molecule has 7 nitrogen and oxygen atoms in total. The lowest BCUT2D eigenvalue weighted by atomic mass is 10.0. The van der Waals surface area contributed by atoms with Crippen molar-refractivity contribution in [2.45, 2.75) is 13.8 Å². The summed E-state index contributed by atoms with van der Waals surface area (Å²) in [6.45, 7) is 3.97. The molecular weight excluding hydrogens is 392 g/mol. The van der Waals surface area contributed by atoms with Crippen LogP contribution in [0.1, 0.15) is 16.7 Å². The largest absolute Gasteiger partial charge is 0.496 e. The van der Waals surface area contributed by atoms with E-state index in [2.05, 4.69) is 5.32 Å². The number of thiocarbonyl (C=S) groups is 1. The highest BCUT2D eigenvalue weighted by Gasteiger charge is 2.35. The fourth-order valence-electron chi connectivity index (χ4n) is 3.36. The van der Waals surface area contributed by atoms with Crippen molar-refractivity contribution in [2.75, 3.05) is 18.8 Å². The molecule has 8 heteroatoms. The molecule has 2 amide bonds. The van der Waals surface area contributed by atoms with E-state index in [-0.39, 0.29) is 17.5 Å². The number of amides is 2. The Balaban J connectivity index is 1.78. The Hall–Kier alpha value is -3.39. The SMILES string of the molecule is COc1cc2c(cc1/C=C1\C(=O)NC(=S)N(c3cc(C)cc(C)c3)C1=O)OCO2. The van der Waals surface area contributed by atoms with Crippen molar-refractivity contribution in [3.8, 4) is 17.2 Å². The third kappa shape index (κ3) is 3.42. The second kappa shape index (κ2) is 7.21. The van der Waals surface area contributed by atoms with Gasteiger partial charge >= 0.3 is 0 Å². The van der Waals surface area contributed by atoms with Gasteiger partial charge < -0.3 is 14.2 Å². The molecule has 0 aliphatic carbocycles. The molecule has 1 fully saturated rings. The van der Waals surface area contributed by atoms with Crippen LogP contribution in [0.5, 0.6) is 17.2 Å². The molecule has 0 atom stereocenters. The number of carbonyl (C=O) groups is 2. The zero-order valence-corrected chi connectivity index (χ0v) is 16.9. The minimum atomic E-state index is -0.569. The Labute approximate surface area is 172 Å². The first kappa shape index (κ1) is 18.9. The highest BCUT2D eigenvalue weighted by Crippen LogP contribution is 2.39. The zero-order chi connectivity index (χ0) is 20.7. The van der Waals surface area contributed by atoms with Crippen LogP contribution < -0.4 is 24.4 Å². The zero-order valence-electron chi connectivity index (χ0n) is 16.1. The first-order chi connectivity index (χ1) is 13.9. The average molecular weight is 410 g/mol. The molecular formula is C21H18N2O5S. The molecule has 1 N–H and O–H groups in total. The number of benzene rings is 2. The van der Waals surface area contributed by atoms with Crippen molar-refractivity contribution in [1.82, 2.24) is 5.32 Å². The van der Waals surface area contributed by atoms with E-state index < -0.39 is 11.8 Å². The molecule has 0 saturated carbocycles. The molecule has 2 heterocycles. The summed E-state index contributed by atoms with van der Waals surface area (Å²) < 4.78 is 16.1. The predicted molar refractivity (Wildman–Crippen MR) is 111 cm³/mol. The van der Waals surface area contributed by atoms with Gasteiger partial charge in [-0.05, 0) is 61.5 Å². The van der Waals surface area contributed by atoms with Gasteiger partial charge in [-0.2, -0.15) is 0 Å². The number of rotatable bonds is 3. The van der Waals surface area contributed by atoms with Crippen molar-refractivity contribution in [1.29, 1.82) is 0 Å². The lowest BCUT2D eigenvalue weighted by molar-refractivity contribution is -0.122. The number of ether oxygens (including phenoxy) is 3. The van der Waals surface area contributed by atoms with Crippen LogP contribution in [0.15, 0.2) is 35.9 Å². The van der Waals surface area contributed by atoms with Gasteiger partial charge in [-0.3, -0.25) is 19.8 Å². The summed E-state index contributed by atoms with van der Waals surface area (Å²) in [7, 11) is 1.50. The van der Waals surface area contributed by atoms with Crippen molar-refractivity contribution < 1.29 is 23.8 Å². The second-order valence-corrected chi connectivity index (χ2v) is 7.14. The van der Waals surface area contributed by atoms with Gasteiger partial charge in [0, 0.05) is 11.6 Å². The predicted octanol–water partition coefficient (Wildman–Crippen LogP) is 2.87. The van der Waals surface area contributed by atoms with Crippen LogP contribution in [-0.4, -0.2) is 30.8 Å². The van der Waals surface area contributed by atoms with Crippen molar-refractivity contribution in [3.05, 3.63) is 52.6 Å². The lowest BCUT2D eigenvalue weighted by Crippen LogP contribution is -2.54. The molecule has 0 aromatic heterocycles. The summed E-state index contributed by atoms with van der Waals surface area (Å²) in [4.78, 5) is 27.1. The van der Waals surface area contributed by atoms with Crippen molar-refractivity contribution in [2.24, 2.45) is 0 Å². The van der Waals surface area contributed by atoms with Crippen LogP contribution in [0.4, 0.5) is 5.69 Å². The van der Waals surface area contributed by atoms with Crippen LogP contribution >= 0.6 is 12.2 Å². The third-order valence-corrected chi connectivity index (χ3v) is 4.88. The summed E-state index contributed by atoms with van der Waals surface area (Å²) >= 11 is 5.27. The van der Waals surface area contributed by atoms with E-state index in [1.165, 1.54) is 18.1 Å². The van der Waals surface area contributed by atoms with E-state index in [0.717, 1.165) is 11.1 Å². The topological polar surface area (TPSA) is 77.1 Å². The summed E-state index contributed by atoms with van der Waals surface area (Å²) in [5.74, 6) is 0.432. The standard InChI is InChI=1S/C21H18N2O5S/c1-11-4-12(2)6-14(5-11)23-20(25)15(19(24)22-21(23)29)7-13-8-17-18(28-10-27-17)9-16(13)26-3/h4-9H,10H2,1-3H3,(H,22,24,29)/b15-7+. The van der Waals surface area contributed by atoms with Crippen LogP contribution in [0.2, 0.25) is 0 Å². The van der Waals surface area contributed by atoms with Crippen LogP contribution in [0.25, 0.3) is 6.08 Å². The minimum Gasteiger partial charge on any atom is -0.496 e. The Morgan fingerprint density at radius 2 is 1.72 bits per heavy atom. The highest BCUT2D eigenvalue weighted by molar-refractivity contribution is 7.80. The fraction of sp³-hybridized carbons (Fsp3) is 0.190. The minimum absolute atomic E-state index is 0.0415. The molecule has 0 bridgehead atoms. The number of methoxy groups -OCH3 is 1. The summed E-state index contributed by atoms with van der Waals surface area (Å²) in [6.07, 6.45) is 1.47. The van der Waals surface area contributed by atoms with E-state index in [1.54, 1.807) is 12.1 Å². The number of carbonyl (C=O) groups excluding carboxylic acids is 2. The molecule has 4 rings (SSSR count). The van der Waals surface area contributed by atoms with Gasteiger partial charge in [0.2, 0.25) is 6.79 Å². The van der Waals surface area contributed by atoms with E-state index in [0.29, 0.717) is 28.5 Å². The first-order valence-electron chi connectivity index (χ1n) is 8.85. The van der Waals surface area contributed by atoms with Gasteiger partial charge in [-0.25, -0.2) is 0 Å². The number of hydrogen-bond acceptors (Lipinski definition) is 6. The van der Waals surface area contributed by atoms with Crippen molar-refractivity contribution >= 4 is 40.9 Å². The number of nitrogens with one attached hydrogen (secondary N) is 1. The molecule has 148 valence electrons. The number of nitrogens with zero attached hydrogens (tertiary/aromatic N) is 1. The molecule has 2 aliphatic heterocycles. The van der Waals surface area contributed by atoms with Gasteiger partial charge in [-0.1, -0.05) is 6.07 Å². The van der Waals surface area contributed by atoms with Gasteiger partial charge in [-0.15, -0.1) is 0 Å². The molecule has 0 unspecified atom stereocenters. The van der Waals surface area contributed by atoms with Gasteiger partial charge in [0.25, 0.3) is 11.8 Å². The third-order valence-electron chi connectivity index (χ3n) is 4.59. The Kier molecular flexibility index (Phi) is 4.71. The van der Waals surface area contributed by atoms with E-state index in [1.807, 2.05) is 32.0 Å². The Bertz CT molecular complexity index is 1070. The summed E-state index contributed by atoms with van der Waals surface area (Å²) in [5, 5.41) is 2.63. The number of fused-ring (bicyclic) bond motifs is 1. The fourth-order valence-corrected chi connectivity index (χ4v) is 3.64. The van der Waals surface area contributed by atoms with Crippen molar-refractivity contribution in [3.63, 3.8) is 0 Å². The van der Waals surface area contributed by atoms with Crippen LogP contribution in [0.3, 0.4) is 0 Å². The van der Waals surface area contributed by atoms with Gasteiger partial charge in [0.1, 0.15) is 11.3 Å². The van der Waals surface area contributed by atoms with E-state index in [4.69, 9.17) is 26.4 Å². The molecule has 2 aliphatic rings. The van der Waals surface area contributed by atoms with E-state index in [9.17, 15) is 9.59 Å². The molecule has 1 saturated heterocycles. The number of hydrogen-bond donors (Lipinski definition) is 1. The maximum Gasteiger partial charge on any atom is 0.270 e. The lowest BCUT2D eigenvalue weighted by Gasteiger charge is -2.29. The first-order valence-corrected chi connectivity index (χ1v) is 9.25. The number of aryl methyl sites for hydroxylation is 2. The van der Waals surface area contributed by atoms with Gasteiger partial charge in [0.05, 0.1) is 12.8 Å². The smallest absolute Gasteiger partial charge is 0.270 e. The maximum atomic E-state index is 13.2. The molecule has 2 aromatic rings. The van der Waals surface area contributed by atoms with E-state index >= 15 is 0 Å². The average Bonchev–Trinajstić information content (AvgIpc) is 3.10. The normalized spacial score (nSPS) is 17.0. The van der Waals surface area contributed by atoms with Crippen LogP contribution in [-0.2, 0) is 9.59 Å². The maximum absolute atomic E-state index is 13.2. The molecule has 0 radical (unpaired) electrons. The highest BCUT2D eigenvalue weighted by atomic mass is 32.1. The second-order valence-electron chi connectivity index (χ2n) is 6.75.